The number of hydrogen-bond donors (Lipinski definition) is 1. The van der Waals surface area contributed by atoms with Crippen LogP contribution in [0.15, 0.2) is 23.2 Å². The zero-order valence-electron chi connectivity index (χ0n) is 16.5. The van der Waals surface area contributed by atoms with Gasteiger partial charge in [-0.2, -0.15) is 0 Å². The van der Waals surface area contributed by atoms with Crippen molar-refractivity contribution in [2.75, 3.05) is 27.2 Å². The largest absolute Gasteiger partial charge is 0.494 e. The number of guanidine groups is 1. The van der Waals surface area contributed by atoms with E-state index in [0.717, 1.165) is 35.2 Å². The molecule has 0 radical (unpaired) electrons. The highest BCUT2D eigenvalue weighted by Gasteiger charge is 2.10. The van der Waals surface area contributed by atoms with Gasteiger partial charge in [0.25, 0.3) is 0 Å². The quantitative estimate of drug-likeness (QED) is 0.348. The molecule has 0 aliphatic rings. The maximum Gasteiger partial charge on any atom is 0.193 e. The number of halogens is 2. The fourth-order valence-corrected chi connectivity index (χ4v) is 3.62. The molecule has 8 heteroatoms. The van der Waals surface area contributed by atoms with Crippen molar-refractivity contribution in [1.82, 2.24) is 15.2 Å². The van der Waals surface area contributed by atoms with Crippen molar-refractivity contribution in [3.63, 3.8) is 0 Å². The summed E-state index contributed by atoms with van der Waals surface area (Å²) in [6.45, 7) is 8.12. The van der Waals surface area contributed by atoms with Crippen LogP contribution in [0, 0.1) is 19.7 Å². The molecule has 0 unspecified atom stereocenters. The Morgan fingerprint density at radius 2 is 2.11 bits per heavy atom. The number of nitrogens with one attached hydrogen (secondary N) is 1. The van der Waals surface area contributed by atoms with Gasteiger partial charge in [-0.1, -0.05) is 6.07 Å². The molecule has 27 heavy (non-hydrogen) atoms. The first-order chi connectivity index (χ1) is 12.4. The fourth-order valence-electron chi connectivity index (χ4n) is 2.70. The number of nitrogens with zero attached hydrogens (tertiary/aromatic N) is 3. The number of aryl methyl sites for hydroxylation is 2. The number of aliphatic imine (C=N–C) groups is 1. The van der Waals surface area contributed by atoms with E-state index in [2.05, 4.69) is 10.3 Å². The normalized spacial score (nSPS) is 11.1. The molecule has 150 valence electrons. The molecule has 0 fully saturated rings. The SMILES string of the molecule is CCNC(=NCCc1sc(C)nc1C)N(C)Cc1ccc(OC)c(F)c1.I. The molecule has 0 saturated carbocycles. The Morgan fingerprint density at radius 1 is 1.37 bits per heavy atom. The molecule has 2 rings (SSSR count). The Balaban J connectivity index is 0.00000364. The second kappa shape index (κ2) is 11.4. The Morgan fingerprint density at radius 3 is 2.67 bits per heavy atom. The third kappa shape index (κ3) is 6.91. The van der Waals surface area contributed by atoms with Crippen LogP contribution >= 0.6 is 35.3 Å². The third-order valence-electron chi connectivity index (χ3n) is 3.93. The average molecular weight is 506 g/mol. The molecular weight excluding hydrogens is 478 g/mol. The predicted molar refractivity (Wildman–Crippen MR) is 121 cm³/mol. The summed E-state index contributed by atoms with van der Waals surface area (Å²) in [6, 6.07) is 5.02. The monoisotopic (exact) mass is 506 g/mol. The first-order valence-corrected chi connectivity index (χ1v) is 9.51. The lowest BCUT2D eigenvalue weighted by Crippen LogP contribution is -2.38. The number of aromatic nitrogens is 1. The van der Waals surface area contributed by atoms with Gasteiger partial charge in [-0.3, -0.25) is 4.99 Å². The summed E-state index contributed by atoms with van der Waals surface area (Å²) >= 11 is 1.73. The van der Waals surface area contributed by atoms with Crippen molar-refractivity contribution in [2.24, 2.45) is 4.99 Å². The van der Waals surface area contributed by atoms with Crippen LogP contribution in [0.3, 0.4) is 0 Å². The molecule has 0 spiro atoms. The third-order valence-corrected chi connectivity index (χ3v) is 5.07. The summed E-state index contributed by atoms with van der Waals surface area (Å²) in [6.07, 6.45) is 0.872. The Hall–Kier alpha value is -1.42. The Labute approximate surface area is 182 Å². The van der Waals surface area contributed by atoms with Crippen LogP contribution in [-0.2, 0) is 13.0 Å². The van der Waals surface area contributed by atoms with Crippen molar-refractivity contribution in [3.8, 4) is 5.75 Å². The minimum Gasteiger partial charge on any atom is -0.494 e. The molecule has 2 aromatic rings. The average Bonchev–Trinajstić information content (AvgIpc) is 2.91. The number of thiazole rings is 1. The lowest BCUT2D eigenvalue weighted by atomic mass is 10.2. The smallest absolute Gasteiger partial charge is 0.193 e. The summed E-state index contributed by atoms with van der Waals surface area (Å²) in [5, 5.41) is 4.38. The highest BCUT2D eigenvalue weighted by Crippen LogP contribution is 2.19. The maximum absolute atomic E-state index is 13.9. The topological polar surface area (TPSA) is 49.8 Å². The summed E-state index contributed by atoms with van der Waals surface area (Å²) in [7, 11) is 3.41. The standard InChI is InChI=1S/C19H27FN4OS.HI/c1-6-21-19(22-10-9-18-13(2)23-14(3)26-18)24(4)12-15-7-8-17(25-5)16(20)11-15;/h7-8,11H,6,9-10,12H2,1-5H3,(H,21,22);1H. The molecule has 1 heterocycles. The van der Waals surface area contributed by atoms with Crippen LogP contribution in [0.1, 0.15) is 28.1 Å². The molecule has 1 N–H and O–H groups in total. The van der Waals surface area contributed by atoms with E-state index >= 15 is 0 Å². The molecule has 0 saturated heterocycles. The van der Waals surface area contributed by atoms with Crippen LogP contribution in [0.4, 0.5) is 4.39 Å². The predicted octanol–water partition coefficient (Wildman–Crippen LogP) is 4.17. The lowest BCUT2D eigenvalue weighted by Gasteiger charge is -2.22. The zero-order valence-corrected chi connectivity index (χ0v) is 19.7. The van der Waals surface area contributed by atoms with E-state index in [9.17, 15) is 4.39 Å². The van der Waals surface area contributed by atoms with Gasteiger partial charge in [-0.05, 0) is 38.5 Å². The van der Waals surface area contributed by atoms with E-state index in [0.29, 0.717) is 13.1 Å². The first-order valence-electron chi connectivity index (χ1n) is 8.69. The van der Waals surface area contributed by atoms with Gasteiger partial charge in [0, 0.05) is 38.0 Å². The van der Waals surface area contributed by atoms with E-state index in [4.69, 9.17) is 9.73 Å². The van der Waals surface area contributed by atoms with Gasteiger partial charge in [0.1, 0.15) is 0 Å². The Kier molecular flexibility index (Phi) is 10.00. The fraction of sp³-hybridized carbons (Fsp3) is 0.474. The van der Waals surface area contributed by atoms with Crippen molar-refractivity contribution < 1.29 is 9.13 Å². The lowest BCUT2D eigenvalue weighted by molar-refractivity contribution is 0.385. The number of methoxy groups -OCH3 is 1. The zero-order chi connectivity index (χ0) is 19.1. The van der Waals surface area contributed by atoms with Crippen LogP contribution in [0.25, 0.3) is 0 Å². The molecule has 0 bridgehead atoms. The highest BCUT2D eigenvalue weighted by molar-refractivity contribution is 14.0. The van der Waals surface area contributed by atoms with Gasteiger partial charge >= 0.3 is 0 Å². The summed E-state index contributed by atoms with van der Waals surface area (Å²) < 4.78 is 18.9. The molecule has 0 aliphatic heterocycles. The summed E-state index contributed by atoms with van der Waals surface area (Å²) in [4.78, 5) is 12.4. The van der Waals surface area contributed by atoms with Crippen molar-refractivity contribution in [2.45, 2.75) is 33.7 Å². The van der Waals surface area contributed by atoms with E-state index in [-0.39, 0.29) is 35.5 Å². The maximum atomic E-state index is 13.9. The van der Waals surface area contributed by atoms with Crippen molar-refractivity contribution in [3.05, 3.63) is 45.2 Å². The first kappa shape index (κ1) is 23.6. The second-order valence-corrected chi connectivity index (χ2v) is 7.34. The van der Waals surface area contributed by atoms with Crippen LogP contribution in [-0.4, -0.2) is 43.1 Å². The minimum absolute atomic E-state index is 0. The van der Waals surface area contributed by atoms with Crippen molar-refractivity contribution >= 4 is 41.3 Å². The number of ether oxygens (including phenoxy) is 1. The van der Waals surface area contributed by atoms with Crippen LogP contribution in [0.2, 0.25) is 0 Å². The molecule has 1 aromatic heterocycles. The van der Waals surface area contributed by atoms with Gasteiger partial charge in [0.05, 0.1) is 17.8 Å². The van der Waals surface area contributed by atoms with Gasteiger partial charge in [-0.15, -0.1) is 35.3 Å². The van der Waals surface area contributed by atoms with Gasteiger partial charge in [-0.25, -0.2) is 9.37 Å². The van der Waals surface area contributed by atoms with Crippen LogP contribution < -0.4 is 10.1 Å². The minimum atomic E-state index is -0.351. The van der Waals surface area contributed by atoms with E-state index < -0.39 is 0 Å². The molecule has 0 amide bonds. The summed E-state index contributed by atoms with van der Waals surface area (Å²) in [5.74, 6) is 0.714. The number of hydrogen-bond acceptors (Lipinski definition) is 4. The molecule has 1 aromatic carbocycles. The highest BCUT2D eigenvalue weighted by atomic mass is 127. The second-order valence-electron chi connectivity index (χ2n) is 6.05. The van der Waals surface area contributed by atoms with Crippen LogP contribution in [0.5, 0.6) is 5.75 Å². The summed E-state index contributed by atoms with van der Waals surface area (Å²) in [5.41, 5.74) is 1.96. The number of rotatable bonds is 7. The van der Waals surface area contributed by atoms with E-state index in [1.54, 1.807) is 17.4 Å². The molecule has 0 atom stereocenters. The molecule has 0 aliphatic carbocycles. The van der Waals surface area contributed by atoms with Crippen molar-refractivity contribution in [1.29, 1.82) is 0 Å². The molecule has 5 nitrogen and oxygen atoms in total. The molecular formula is C19H28FIN4OS. The van der Waals surface area contributed by atoms with E-state index in [1.165, 1.54) is 18.1 Å². The van der Waals surface area contributed by atoms with Gasteiger partial charge in [0.2, 0.25) is 0 Å². The number of benzene rings is 1. The van der Waals surface area contributed by atoms with E-state index in [1.807, 2.05) is 38.8 Å². The Bertz CT molecular complexity index is 766. The van der Waals surface area contributed by atoms with Gasteiger partial charge < -0.3 is 15.0 Å². The van der Waals surface area contributed by atoms with Gasteiger partial charge in [0.15, 0.2) is 17.5 Å².